The number of fused-ring (bicyclic) bond motifs is 1. The van der Waals surface area contributed by atoms with Crippen LogP contribution in [-0.2, 0) is 11.8 Å². The minimum absolute atomic E-state index is 0.0750. The lowest BCUT2D eigenvalue weighted by Crippen LogP contribution is -2.46. The van der Waals surface area contributed by atoms with Crippen molar-refractivity contribution in [2.75, 3.05) is 30.0 Å². The molecule has 0 bridgehead atoms. The summed E-state index contributed by atoms with van der Waals surface area (Å²) in [5, 5.41) is 3.59. The van der Waals surface area contributed by atoms with Crippen LogP contribution in [0.2, 0.25) is 0 Å². The molecule has 1 saturated heterocycles. The second-order valence-electron chi connectivity index (χ2n) is 9.15. The van der Waals surface area contributed by atoms with Gasteiger partial charge < -0.3 is 24.4 Å². The number of hydrogen-bond donors (Lipinski definition) is 1. The number of aromatic nitrogens is 2. The fourth-order valence-electron chi connectivity index (χ4n) is 4.99. The molecular formula is C26H29N5O2. The molecule has 7 heteroatoms. The molecule has 0 radical (unpaired) electrons. The molecule has 33 heavy (non-hydrogen) atoms. The third kappa shape index (κ3) is 4.44. The first-order chi connectivity index (χ1) is 16.1. The van der Waals surface area contributed by atoms with Crippen molar-refractivity contribution in [3.8, 4) is 0 Å². The van der Waals surface area contributed by atoms with Gasteiger partial charge in [-0.05, 0) is 49.9 Å². The van der Waals surface area contributed by atoms with Gasteiger partial charge in [0.25, 0.3) is 11.4 Å². The van der Waals surface area contributed by atoms with E-state index >= 15 is 0 Å². The molecular weight excluding hydrogens is 414 g/mol. The van der Waals surface area contributed by atoms with Gasteiger partial charge in [-0.25, -0.2) is 0 Å². The predicted molar refractivity (Wildman–Crippen MR) is 131 cm³/mol. The van der Waals surface area contributed by atoms with E-state index in [0.717, 1.165) is 56.6 Å². The quantitative estimate of drug-likeness (QED) is 0.574. The molecule has 3 aromatic rings. The summed E-state index contributed by atoms with van der Waals surface area (Å²) in [7, 11) is 1.74. The van der Waals surface area contributed by atoms with E-state index in [-0.39, 0.29) is 11.6 Å². The Balaban J connectivity index is 1.32. The normalized spacial score (nSPS) is 20.7. The van der Waals surface area contributed by atoms with Crippen LogP contribution in [0.3, 0.4) is 0 Å². The third-order valence-electron chi connectivity index (χ3n) is 6.94. The van der Waals surface area contributed by atoms with Gasteiger partial charge in [-0.3, -0.25) is 4.79 Å². The van der Waals surface area contributed by atoms with Crippen molar-refractivity contribution in [3.63, 3.8) is 0 Å². The number of aryl methyl sites for hydroxylation is 1. The number of benzene rings is 1. The van der Waals surface area contributed by atoms with Gasteiger partial charge in [-0.2, -0.15) is 0 Å². The van der Waals surface area contributed by atoms with Crippen LogP contribution >= 0.6 is 0 Å². The smallest absolute Gasteiger partial charge is 0.270 e. The van der Waals surface area contributed by atoms with E-state index in [1.54, 1.807) is 29.8 Å². The maximum absolute atomic E-state index is 12.5. The molecule has 0 unspecified atom stereocenters. The van der Waals surface area contributed by atoms with Crippen molar-refractivity contribution in [1.82, 2.24) is 9.55 Å². The van der Waals surface area contributed by atoms with E-state index < -0.39 is 0 Å². The fraction of sp³-hybridized carbons (Fsp3) is 0.423. The Bertz CT molecular complexity index is 1220. The van der Waals surface area contributed by atoms with Gasteiger partial charge in [0.05, 0.1) is 24.4 Å². The molecule has 1 aliphatic carbocycles. The van der Waals surface area contributed by atoms with Crippen molar-refractivity contribution in [2.45, 2.75) is 37.8 Å². The molecule has 170 valence electrons. The molecule has 7 nitrogen and oxygen atoms in total. The van der Waals surface area contributed by atoms with E-state index in [1.165, 1.54) is 5.69 Å². The van der Waals surface area contributed by atoms with Gasteiger partial charge in [0.2, 0.25) is 5.52 Å². The Morgan fingerprint density at radius 1 is 1.15 bits per heavy atom. The van der Waals surface area contributed by atoms with E-state index in [4.69, 9.17) is 11.3 Å². The number of nitrogens with zero attached hydrogens (tertiary/aromatic N) is 4. The van der Waals surface area contributed by atoms with Gasteiger partial charge in [0.15, 0.2) is 0 Å². The van der Waals surface area contributed by atoms with Crippen molar-refractivity contribution in [2.24, 2.45) is 13.0 Å². The lowest BCUT2D eigenvalue weighted by atomic mass is 9.89. The van der Waals surface area contributed by atoms with E-state index in [2.05, 4.69) is 50.4 Å². The predicted octanol–water partition coefficient (Wildman–Crippen LogP) is 4.36. The fourth-order valence-corrected chi connectivity index (χ4v) is 4.99. The first-order valence-corrected chi connectivity index (χ1v) is 11.7. The van der Waals surface area contributed by atoms with Crippen LogP contribution in [0.5, 0.6) is 0 Å². The van der Waals surface area contributed by atoms with Crippen LogP contribution in [0.4, 0.5) is 17.2 Å². The Labute approximate surface area is 193 Å². The Hall–Kier alpha value is -3.37. The molecule has 0 spiro atoms. The minimum atomic E-state index is -0.0750. The molecule has 2 aromatic heterocycles. The van der Waals surface area contributed by atoms with E-state index in [1.807, 2.05) is 0 Å². The minimum Gasteiger partial charge on any atom is -0.381 e. The summed E-state index contributed by atoms with van der Waals surface area (Å²) in [4.78, 5) is 23.0. The molecule has 2 aliphatic rings. The topological polar surface area (TPSA) is 63.8 Å². The number of hydrogen-bond acceptors (Lipinski definition) is 5. The number of ether oxygens (including phenoxy) is 1. The molecule has 5 rings (SSSR count). The van der Waals surface area contributed by atoms with Crippen LogP contribution in [0, 0.1) is 12.5 Å². The van der Waals surface area contributed by atoms with Crippen molar-refractivity contribution >= 4 is 28.2 Å². The average Bonchev–Trinajstić information content (AvgIpc) is 2.83. The van der Waals surface area contributed by atoms with Crippen LogP contribution in [0.25, 0.3) is 15.9 Å². The van der Waals surface area contributed by atoms with Gasteiger partial charge in [0.1, 0.15) is 0 Å². The Morgan fingerprint density at radius 3 is 2.58 bits per heavy atom. The summed E-state index contributed by atoms with van der Waals surface area (Å²) in [6.45, 7) is 10.1. The number of anilines is 2. The number of pyridine rings is 2. The van der Waals surface area contributed by atoms with Gasteiger partial charge >= 0.3 is 0 Å². The highest BCUT2D eigenvalue weighted by atomic mass is 16.5. The highest BCUT2D eigenvalue weighted by molar-refractivity contribution is 5.89. The second-order valence-corrected chi connectivity index (χ2v) is 9.15. The Morgan fingerprint density at radius 2 is 1.91 bits per heavy atom. The van der Waals surface area contributed by atoms with Crippen molar-refractivity contribution in [3.05, 3.63) is 70.3 Å². The highest BCUT2D eigenvalue weighted by Gasteiger charge is 2.30. The summed E-state index contributed by atoms with van der Waals surface area (Å²) in [5.41, 5.74) is 3.37. The maximum atomic E-state index is 12.5. The average molecular weight is 444 g/mol. The SMILES string of the molecule is [C-]#[N+]c1ccc2c(n1)c(NC1CCC(N(CC3COC3)c3ccccc3)CC1)cc(=O)n2C. The molecule has 1 saturated carbocycles. The summed E-state index contributed by atoms with van der Waals surface area (Å²) < 4.78 is 7.01. The summed E-state index contributed by atoms with van der Waals surface area (Å²) >= 11 is 0. The monoisotopic (exact) mass is 443 g/mol. The lowest BCUT2D eigenvalue weighted by Gasteiger charge is -2.42. The van der Waals surface area contributed by atoms with Crippen LogP contribution in [0.15, 0.2) is 53.3 Å². The zero-order chi connectivity index (χ0) is 22.8. The third-order valence-corrected chi connectivity index (χ3v) is 6.94. The summed E-state index contributed by atoms with van der Waals surface area (Å²) in [6, 6.07) is 16.6. The van der Waals surface area contributed by atoms with E-state index in [0.29, 0.717) is 23.3 Å². The second kappa shape index (κ2) is 9.24. The lowest BCUT2D eigenvalue weighted by molar-refractivity contribution is -0.0286. The molecule has 2 fully saturated rings. The van der Waals surface area contributed by atoms with Crippen molar-refractivity contribution < 1.29 is 4.74 Å². The molecule has 0 amide bonds. The standard InChI is InChI=1S/C26H29N5O2/c1-27-24-13-12-23-26(29-24)22(14-25(32)30(23)2)28-19-8-10-21(11-9-19)31(15-18-16-33-17-18)20-6-4-3-5-7-20/h3-7,12-14,18-19,21,28H,8-11,15-17H2,2H3. The first kappa shape index (κ1) is 21.5. The molecule has 1 aliphatic heterocycles. The molecule has 1 aromatic carbocycles. The number of rotatable bonds is 6. The largest absolute Gasteiger partial charge is 0.381 e. The zero-order valence-corrected chi connectivity index (χ0v) is 18.9. The van der Waals surface area contributed by atoms with Crippen LogP contribution in [0.1, 0.15) is 25.7 Å². The number of para-hydroxylation sites is 1. The van der Waals surface area contributed by atoms with Crippen LogP contribution < -0.4 is 15.8 Å². The van der Waals surface area contributed by atoms with Crippen molar-refractivity contribution in [1.29, 1.82) is 0 Å². The first-order valence-electron chi connectivity index (χ1n) is 11.7. The van der Waals surface area contributed by atoms with Gasteiger partial charge in [-0.1, -0.05) is 24.8 Å². The van der Waals surface area contributed by atoms with Crippen LogP contribution in [-0.4, -0.2) is 41.4 Å². The molecule has 1 N–H and O–H groups in total. The summed E-state index contributed by atoms with van der Waals surface area (Å²) in [6.07, 6.45) is 4.22. The maximum Gasteiger partial charge on any atom is 0.270 e. The summed E-state index contributed by atoms with van der Waals surface area (Å²) in [5.74, 6) is 0.946. The van der Waals surface area contributed by atoms with E-state index in [9.17, 15) is 4.79 Å². The zero-order valence-electron chi connectivity index (χ0n) is 18.9. The number of nitrogens with one attached hydrogen (secondary N) is 1. The Kier molecular flexibility index (Phi) is 6.01. The molecule has 3 heterocycles. The highest BCUT2D eigenvalue weighted by Crippen LogP contribution is 2.32. The van der Waals surface area contributed by atoms with Gasteiger partial charge in [0, 0.05) is 43.3 Å². The molecule has 0 atom stereocenters. The van der Waals surface area contributed by atoms with Gasteiger partial charge in [-0.15, -0.1) is 4.98 Å².